The van der Waals surface area contributed by atoms with Gasteiger partial charge < -0.3 is 10.1 Å². The summed E-state index contributed by atoms with van der Waals surface area (Å²) in [5.74, 6) is 1.03. The van der Waals surface area contributed by atoms with E-state index in [0.29, 0.717) is 6.42 Å². The summed E-state index contributed by atoms with van der Waals surface area (Å²) in [6.45, 7) is 11.3. The van der Waals surface area contributed by atoms with E-state index in [1.54, 1.807) is 0 Å². The number of hydrogen-bond donors (Lipinski definition) is 1. The summed E-state index contributed by atoms with van der Waals surface area (Å²) in [7, 11) is 0. The summed E-state index contributed by atoms with van der Waals surface area (Å²) in [6, 6.07) is 0. The van der Waals surface area contributed by atoms with Gasteiger partial charge in [-0.05, 0) is 64.2 Å². The minimum atomic E-state index is -0.269. The number of benzene rings is 1. The first-order chi connectivity index (χ1) is 9.43. The van der Waals surface area contributed by atoms with E-state index >= 15 is 0 Å². The van der Waals surface area contributed by atoms with Gasteiger partial charge in [-0.3, -0.25) is 4.39 Å². The molecule has 112 valence electrons. The second-order valence-electron chi connectivity index (χ2n) is 6.11. The smallest absolute Gasteiger partial charge is 0.127 e. The van der Waals surface area contributed by atoms with Crippen LogP contribution in [-0.4, -0.2) is 18.8 Å². The third-order valence-corrected chi connectivity index (χ3v) is 4.47. The van der Waals surface area contributed by atoms with Gasteiger partial charge in [0, 0.05) is 24.2 Å². The van der Waals surface area contributed by atoms with Gasteiger partial charge in [0.1, 0.15) is 11.4 Å². The van der Waals surface area contributed by atoms with Crippen molar-refractivity contribution in [1.82, 2.24) is 0 Å². The molecule has 1 N–H and O–H groups in total. The Hall–Kier alpha value is -1.25. The molecule has 1 atom stereocenters. The molecule has 2 nitrogen and oxygen atoms in total. The number of anilines is 1. The normalized spacial score (nSPS) is 20.7. The zero-order valence-corrected chi connectivity index (χ0v) is 13.3. The topological polar surface area (TPSA) is 21.3 Å². The first-order valence-electron chi connectivity index (χ1n) is 7.55. The fourth-order valence-electron chi connectivity index (χ4n) is 3.22. The molecule has 0 spiro atoms. The highest BCUT2D eigenvalue weighted by Crippen LogP contribution is 2.45. The molecular weight excluding hydrogens is 253 g/mol. The number of hydrogen-bond acceptors (Lipinski definition) is 2. The second-order valence-corrected chi connectivity index (χ2v) is 6.11. The lowest BCUT2D eigenvalue weighted by molar-refractivity contribution is 0.0995. The Bertz CT molecular complexity index is 512. The lowest BCUT2D eigenvalue weighted by atomic mass is 9.89. The molecule has 3 heteroatoms. The second kappa shape index (κ2) is 5.63. The van der Waals surface area contributed by atoms with Crippen LogP contribution >= 0.6 is 0 Å². The van der Waals surface area contributed by atoms with Crippen molar-refractivity contribution in [2.75, 3.05) is 18.5 Å². The average molecular weight is 279 g/mol. The van der Waals surface area contributed by atoms with Crippen molar-refractivity contribution >= 4 is 5.69 Å². The van der Waals surface area contributed by atoms with E-state index in [1.807, 2.05) is 0 Å². The molecule has 0 saturated carbocycles. The summed E-state index contributed by atoms with van der Waals surface area (Å²) < 4.78 is 18.7. The third-order valence-electron chi connectivity index (χ3n) is 4.47. The van der Waals surface area contributed by atoms with Gasteiger partial charge in [0.25, 0.3) is 0 Å². The first-order valence-corrected chi connectivity index (χ1v) is 7.55. The van der Waals surface area contributed by atoms with Crippen LogP contribution in [0.2, 0.25) is 0 Å². The van der Waals surface area contributed by atoms with Crippen LogP contribution in [0.3, 0.4) is 0 Å². The van der Waals surface area contributed by atoms with E-state index in [2.05, 4.69) is 39.9 Å². The molecule has 20 heavy (non-hydrogen) atoms. The van der Waals surface area contributed by atoms with Crippen LogP contribution in [0.5, 0.6) is 5.75 Å². The van der Waals surface area contributed by atoms with Crippen LogP contribution in [0.4, 0.5) is 10.1 Å². The standard InChI is InChI=1S/C17H26FNO/c1-6-19-15-11(2)12(3)16-14(13(15)4)10-17(5,20-16)8-7-9-18/h19H,6-10H2,1-5H3. The molecular formula is C17H26FNO. The van der Waals surface area contributed by atoms with Crippen molar-refractivity contribution in [3.8, 4) is 5.75 Å². The summed E-state index contributed by atoms with van der Waals surface area (Å²) in [5, 5.41) is 3.47. The van der Waals surface area contributed by atoms with Crippen molar-refractivity contribution < 1.29 is 9.13 Å². The molecule has 0 fully saturated rings. The van der Waals surface area contributed by atoms with E-state index in [-0.39, 0.29) is 12.3 Å². The van der Waals surface area contributed by atoms with Gasteiger partial charge in [0.05, 0.1) is 6.67 Å². The first kappa shape index (κ1) is 15.1. The van der Waals surface area contributed by atoms with Crippen molar-refractivity contribution in [2.45, 2.75) is 59.5 Å². The summed E-state index contributed by atoms with van der Waals surface area (Å²) in [4.78, 5) is 0. The zero-order chi connectivity index (χ0) is 14.9. The molecule has 0 radical (unpaired) electrons. The number of nitrogens with one attached hydrogen (secondary N) is 1. The third kappa shape index (κ3) is 2.50. The SMILES string of the molecule is CCNc1c(C)c(C)c2c(c1C)CC(C)(CCCF)O2. The Labute approximate surface area is 121 Å². The van der Waals surface area contributed by atoms with Gasteiger partial charge in [-0.1, -0.05) is 0 Å². The van der Waals surface area contributed by atoms with E-state index in [0.717, 1.165) is 25.1 Å². The van der Waals surface area contributed by atoms with Crippen LogP contribution in [0.1, 0.15) is 48.9 Å². The lowest BCUT2D eigenvalue weighted by Gasteiger charge is -2.23. The van der Waals surface area contributed by atoms with Gasteiger partial charge in [0.2, 0.25) is 0 Å². The van der Waals surface area contributed by atoms with Crippen LogP contribution < -0.4 is 10.1 Å². The Morgan fingerprint density at radius 3 is 2.50 bits per heavy atom. The fraction of sp³-hybridized carbons (Fsp3) is 0.647. The van der Waals surface area contributed by atoms with E-state index in [4.69, 9.17) is 4.74 Å². The number of ether oxygens (including phenoxy) is 1. The summed E-state index contributed by atoms with van der Waals surface area (Å²) in [5.41, 5.74) is 6.05. The van der Waals surface area contributed by atoms with Crippen LogP contribution in [0.25, 0.3) is 0 Å². The molecule has 1 unspecified atom stereocenters. The lowest BCUT2D eigenvalue weighted by Crippen LogP contribution is -2.30. The molecule has 1 aliphatic rings. The highest BCUT2D eigenvalue weighted by molar-refractivity contribution is 5.68. The number of fused-ring (bicyclic) bond motifs is 1. The highest BCUT2D eigenvalue weighted by Gasteiger charge is 2.37. The van der Waals surface area contributed by atoms with Crippen LogP contribution in [0.15, 0.2) is 0 Å². The highest BCUT2D eigenvalue weighted by atomic mass is 19.1. The van der Waals surface area contributed by atoms with Gasteiger partial charge >= 0.3 is 0 Å². The van der Waals surface area contributed by atoms with Gasteiger partial charge in [-0.2, -0.15) is 0 Å². The molecule has 1 heterocycles. The van der Waals surface area contributed by atoms with Crippen molar-refractivity contribution in [1.29, 1.82) is 0 Å². The van der Waals surface area contributed by atoms with Crippen molar-refractivity contribution in [2.24, 2.45) is 0 Å². The average Bonchev–Trinajstić information content (AvgIpc) is 2.78. The van der Waals surface area contributed by atoms with Gasteiger partial charge in [-0.25, -0.2) is 0 Å². The molecule has 2 rings (SSSR count). The minimum absolute atomic E-state index is 0.249. The molecule has 0 amide bonds. The van der Waals surface area contributed by atoms with E-state index in [9.17, 15) is 4.39 Å². The number of rotatable bonds is 5. The zero-order valence-electron chi connectivity index (χ0n) is 13.3. The largest absolute Gasteiger partial charge is 0.487 e. The maximum Gasteiger partial charge on any atom is 0.127 e. The van der Waals surface area contributed by atoms with E-state index in [1.165, 1.54) is 27.9 Å². The predicted octanol–water partition coefficient (Wildman–Crippen LogP) is 4.49. The Kier molecular flexibility index (Phi) is 4.26. The van der Waals surface area contributed by atoms with Gasteiger partial charge in [-0.15, -0.1) is 0 Å². The maximum absolute atomic E-state index is 12.5. The Morgan fingerprint density at radius 2 is 1.90 bits per heavy atom. The molecule has 1 aliphatic heterocycles. The van der Waals surface area contributed by atoms with Crippen LogP contribution in [0, 0.1) is 20.8 Å². The van der Waals surface area contributed by atoms with Crippen molar-refractivity contribution in [3.05, 3.63) is 22.3 Å². The van der Waals surface area contributed by atoms with Crippen molar-refractivity contribution in [3.63, 3.8) is 0 Å². The fourth-order valence-corrected chi connectivity index (χ4v) is 3.22. The quantitative estimate of drug-likeness (QED) is 0.857. The maximum atomic E-state index is 12.5. The predicted molar refractivity (Wildman–Crippen MR) is 82.8 cm³/mol. The Morgan fingerprint density at radius 1 is 1.20 bits per heavy atom. The molecule has 1 aromatic carbocycles. The monoisotopic (exact) mass is 279 g/mol. The number of halogens is 1. The Balaban J connectivity index is 2.41. The molecule has 1 aromatic rings. The summed E-state index contributed by atoms with van der Waals surface area (Å²) in [6.07, 6.45) is 2.22. The van der Waals surface area contributed by atoms with Gasteiger partial charge in [0.15, 0.2) is 0 Å². The molecule has 0 aromatic heterocycles. The summed E-state index contributed by atoms with van der Waals surface area (Å²) >= 11 is 0. The minimum Gasteiger partial charge on any atom is -0.487 e. The number of alkyl halides is 1. The molecule has 0 aliphatic carbocycles. The molecule has 0 bridgehead atoms. The van der Waals surface area contributed by atoms with Crippen LogP contribution in [-0.2, 0) is 6.42 Å². The molecule has 0 saturated heterocycles. The van der Waals surface area contributed by atoms with E-state index < -0.39 is 0 Å².